The zero-order valence-electron chi connectivity index (χ0n) is 13.4. The number of thiazole rings is 1. The van der Waals surface area contributed by atoms with Gasteiger partial charge < -0.3 is 5.32 Å². The van der Waals surface area contributed by atoms with Crippen LogP contribution in [0.15, 0.2) is 17.1 Å². The lowest BCUT2D eigenvalue weighted by Crippen LogP contribution is -2.15. The van der Waals surface area contributed by atoms with E-state index in [0.717, 1.165) is 30.0 Å². The van der Waals surface area contributed by atoms with Crippen LogP contribution < -0.4 is 10.9 Å². The van der Waals surface area contributed by atoms with E-state index < -0.39 is 0 Å². The lowest BCUT2D eigenvalue weighted by atomic mass is 10.2. The number of nitrogens with one attached hydrogen (secondary N) is 1. The fourth-order valence-electron chi connectivity index (χ4n) is 2.23. The standard InChI is InChI=1S/C15H19N5OS2/c1-4-6-10-7-12(21)20-15(18-10)23-14(19-20)17-9(3)13-16-8-11(5-2)22-13/h7-9H,4-6H2,1-3H3,(H,17,19). The normalized spacial score (nSPS) is 12.7. The van der Waals surface area contributed by atoms with E-state index >= 15 is 0 Å². The van der Waals surface area contributed by atoms with Gasteiger partial charge in [-0.2, -0.15) is 4.52 Å². The molecule has 3 aromatic heterocycles. The molecule has 1 N–H and O–H groups in total. The minimum absolute atomic E-state index is 0.0478. The number of rotatable bonds is 6. The number of hydrogen-bond donors (Lipinski definition) is 1. The van der Waals surface area contributed by atoms with Crippen molar-refractivity contribution >= 4 is 32.8 Å². The van der Waals surface area contributed by atoms with Crippen molar-refractivity contribution in [1.29, 1.82) is 0 Å². The van der Waals surface area contributed by atoms with Crippen LogP contribution in [0.5, 0.6) is 0 Å². The van der Waals surface area contributed by atoms with Gasteiger partial charge in [-0.25, -0.2) is 9.97 Å². The molecule has 1 unspecified atom stereocenters. The van der Waals surface area contributed by atoms with E-state index in [1.807, 2.05) is 13.1 Å². The molecule has 3 rings (SSSR count). The number of hydrogen-bond acceptors (Lipinski definition) is 7. The summed E-state index contributed by atoms with van der Waals surface area (Å²) in [5.74, 6) is 0. The monoisotopic (exact) mass is 349 g/mol. The van der Waals surface area contributed by atoms with E-state index in [0.29, 0.717) is 10.1 Å². The summed E-state index contributed by atoms with van der Waals surface area (Å²) in [4.78, 5) is 23.0. The molecule has 0 radical (unpaired) electrons. The summed E-state index contributed by atoms with van der Waals surface area (Å²) < 4.78 is 1.36. The molecule has 0 aliphatic heterocycles. The molecule has 6 nitrogen and oxygen atoms in total. The van der Waals surface area contributed by atoms with Gasteiger partial charge in [0.05, 0.1) is 6.04 Å². The molecular formula is C15H19N5OS2. The summed E-state index contributed by atoms with van der Waals surface area (Å²) >= 11 is 3.09. The van der Waals surface area contributed by atoms with Crippen molar-refractivity contribution in [2.24, 2.45) is 0 Å². The van der Waals surface area contributed by atoms with E-state index in [1.165, 1.54) is 20.7 Å². The van der Waals surface area contributed by atoms with Crippen molar-refractivity contribution in [3.8, 4) is 0 Å². The number of nitrogens with zero attached hydrogens (tertiary/aromatic N) is 4. The van der Waals surface area contributed by atoms with Gasteiger partial charge in [-0.1, -0.05) is 31.6 Å². The Kier molecular flexibility index (Phi) is 4.72. The highest BCUT2D eigenvalue weighted by atomic mass is 32.1. The third-order valence-corrected chi connectivity index (χ3v) is 5.60. The Morgan fingerprint density at radius 1 is 1.35 bits per heavy atom. The SMILES string of the molecule is CCCc1cc(=O)n2nc(NC(C)c3ncc(CC)s3)sc2n1. The molecule has 23 heavy (non-hydrogen) atoms. The molecule has 0 amide bonds. The molecule has 0 aliphatic carbocycles. The van der Waals surface area contributed by atoms with Crippen molar-refractivity contribution in [2.45, 2.75) is 46.1 Å². The third kappa shape index (κ3) is 3.42. The van der Waals surface area contributed by atoms with E-state index in [2.05, 4.69) is 34.2 Å². The van der Waals surface area contributed by atoms with Crippen molar-refractivity contribution in [3.05, 3.63) is 38.2 Å². The fourth-order valence-corrected chi connectivity index (χ4v) is 4.00. The van der Waals surface area contributed by atoms with Crippen LogP contribution in [0.1, 0.15) is 48.8 Å². The summed E-state index contributed by atoms with van der Waals surface area (Å²) in [5.41, 5.74) is 0.700. The second-order valence-electron chi connectivity index (χ2n) is 5.32. The first-order valence-electron chi connectivity index (χ1n) is 7.71. The Labute approximate surface area is 142 Å². The van der Waals surface area contributed by atoms with Crippen LogP contribution in [0, 0.1) is 0 Å². The predicted octanol–water partition coefficient (Wildman–Crippen LogP) is 3.30. The first kappa shape index (κ1) is 16.1. The van der Waals surface area contributed by atoms with Crippen LogP contribution in [-0.4, -0.2) is 19.6 Å². The maximum atomic E-state index is 12.1. The van der Waals surface area contributed by atoms with Gasteiger partial charge in [-0.3, -0.25) is 4.79 Å². The molecule has 0 aliphatic rings. The molecule has 0 fully saturated rings. The van der Waals surface area contributed by atoms with Crippen LogP contribution in [0.25, 0.3) is 4.96 Å². The average molecular weight is 349 g/mol. The van der Waals surface area contributed by atoms with E-state index in [4.69, 9.17) is 0 Å². The quantitative estimate of drug-likeness (QED) is 0.739. The van der Waals surface area contributed by atoms with Crippen LogP contribution >= 0.6 is 22.7 Å². The molecule has 0 aromatic carbocycles. The second kappa shape index (κ2) is 6.76. The first-order valence-corrected chi connectivity index (χ1v) is 9.35. The van der Waals surface area contributed by atoms with E-state index in [1.54, 1.807) is 17.4 Å². The van der Waals surface area contributed by atoms with Gasteiger partial charge in [0.2, 0.25) is 10.1 Å². The van der Waals surface area contributed by atoms with Gasteiger partial charge in [-0.15, -0.1) is 16.4 Å². The smallest absolute Gasteiger partial charge is 0.275 e. The molecule has 122 valence electrons. The second-order valence-corrected chi connectivity index (χ2v) is 7.42. The Morgan fingerprint density at radius 3 is 2.87 bits per heavy atom. The van der Waals surface area contributed by atoms with Gasteiger partial charge in [0.1, 0.15) is 5.01 Å². The number of aromatic nitrogens is 4. The summed E-state index contributed by atoms with van der Waals surface area (Å²) in [6.07, 6.45) is 4.68. The Hall–Kier alpha value is -1.80. The summed E-state index contributed by atoms with van der Waals surface area (Å²) in [7, 11) is 0. The van der Waals surface area contributed by atoms with Crippen LogP contribution in [0.3, 0.4) is 0 Å². The van der Waals surface area contributed by atoms with E-state index in [9.17, 15) is 4.79 Å². The topological polar surface area (TPSA) is 72.2 Å². The Bertz CT molecular complexity index is 866. The highest BCUT2D eigenvalue weighted by Gasteiger charge is 2.14. The zero-order valence-corrected chi connectivity index (χ0v) is 15.0. The lowest BCUT2D eigenvalue weighted by molar-refractivity contribution is 0.823. The summed E-state index contributed by atoms with van der Waals surface area (Å²) in [5, 5.41) is 9.36. The fraction of sp³-hybridized carbons (Fsp3) is 0.467. The third-order valence-electron chi connectivity index (χ3n) is 3.43. The average Bonchev–Trinajstić information content (AvgIpc) is 3.14. The maximum Gasteiger partial charge on any atom is 0.275 e. The van der Waals surface area contributed by atoms with E-state index in [-0.39, 0.29) is 11.6 Å². The van der Waals surface area contributed by atoms with Crippen molar-refractivity contribution < 1.29 is 0 Å². The molecule has 0 spiro atoms. The molecule has 0 saturated heterocycles. The maximum absolute atomic E-state index is 12.1. The predicted molar refractivity (Wildman–Crippen MR) is 94.7 cm³/mol. The largest absolute Gasteiger partial charge is 0.351 e. The van der Waals surface area contributed by atoms with Crippen LogP contribution in [0.4, 0.5) is 5.13 Å². The molecule has 8 heteroatoms. The molecule has 1 atom stereocenters. The van der Waals surface area contributed by atoms with Crippen molar-refractivity contribution in [3.63, 3.8) is 0 Å². The number of anilines is 1. The van der Waals surface area contributed by atoms with Crippen molar-refractivity contribution in [1.82, 2.24) is 19.6 Å². The highest BCUT2D eigenvalue weighted by molar-refractivity contribution is 7.20. The Balaban J connectivity index is 1.85. The van der Waals surface area contributed by atoms with Gasteiger partial charge in [0.15, 0.2) is 0 Å². The van der Waals surface area contributed by atoms with Gasteiger partial charge >= 0.3 is 0 Å². The molecular weight excluding hydrogens is 330 g/mol. The van der Waals surface area contributed by atoms with Gasteiger partial charge in [-0.05, 0) is 19.8 Å². The van der Waals surface area contributed by atoms with Crippen LogP contribution in [0.2, 0.25) is 0 Å². The first-order chi connectivity index (χ1) is 11.1. The summed E-state index contributed by atoms with van der Waals surface area (Å²) in [6.45, 7) is 6.24. The Morgan fingerprint density at radius 2 is 2.17 bits per heavy atom. The van der Waals surface area contributed by atoms with Crippen molar-refractivity contribution in [2.75, 3.05) is 5.32 Å². The number of fused-ring (bicyclic) bond motifs is 1. The number of aryl methyl sites for hydroxylation is 2. The molecule has 0 saturated carbocycles. The van der Waals surface area contributed by atoms with Gasteiger partial charge in [0, 0.05) is 22.8 Å². The molecule has 0 bridgehead atoms. The minimum atomic E-state index is -0.127. The summed E-state index contributed by atoms with van der Waals surface area (Å²) in [6, 6.07) is 1.62. The zero-order chi connectivity index (χ0) is 16.4. The van der Waals surface area contributed by atoms with Crippen LogP contribution in [-0.2, 0) is 12.8 Å². The molecule has 3 heterocycles. The molecule has 3 aromatic rings. The van der Waals surface area contributed by atoms with Gasteiger partial charge in [0.25, 0.3) is 5.56 Å². The highest BCUT2D eigenvalue weighted by Crippen LogP contribution is 2.26. The lowest BCUT2D eigenvalue weighted by Gasteiger charge is -2.08. The minimum Gasteiger partial charge on any atom is -0.351 e.